The summed E-state index contributed by atoms with van der Waals surface area (Å²) in [4.78, 5) is 0. The minimum Gasteiger partial charge on any atom is -1.00 e. The third kappa shape index (κ3) is 2.15. The molecule has 0 amide bonds. The van der Waals surface area contributed by atoms with E-state index in [9.17, 15) is 0 Å². The largest absolute Gasteiger partial charge is 1.00 e. The highest BCUT2D eigenvalue weighted by molar-refractivity contribution is 5.73. The number of ether oxygens (including phenoxy) is 1. The summed E-state index contributed by atoms with van der Waals surface area (Å²) < 4.78 is 5.25. The summed E-state index contributed by atoms with van der Waals surface area (Å²) in [5, 5.41) is 2.32. The van der Waals surface area contributed by atoms with Crippen molar-refractivity contribution in [1.82, 2.24) is 0 Å². The van der Waals surface area contributed by atoms with Gasteiger partial charge in [-0.05, 0) is 37.6 Å². The van der Waals surface area contributed by atoms with Crippen LogP contribution >= 0.6 is 0 Å². The Bertz CT molecular complexity index is 412. The highest BCUT2D eigenvalue weighted by Gasteiger charge is 2.32. The maximum atomic E-state index is 5.25. The van der Waals surface area contributed by atoms with Crippen LogP contribution in [0.15, 0.2) is 24.8 Å². The van der Waals surface area contributed by atoms with Crippen molar-refractivity contribution in [2.45, 2.75) is 25.9 Å². The first-order valence-corrected chi connectivity index (χ1v) is 5.25. The lowest BCUT2D eigenvalue weighted by atomic mass is 9.83. The molecule has 1 heterocycles. The van der Waals surface area contributed by atoms with Crippen molar-refractivity contribution in [2.24, 2.45) is 0 Å². The molecule has 1 aromatic carbocycles. The summed E-state index contributed by atoms with van der Waals surface area (Å²) in [5.41, 5.74) is 3.88. The number of hydrogen-bond acceptors (Lipinski definition) is 1. The van der Waals surface area contributed by atoms with Gasteiger partial charge in [0.15, 0.2) is 0 Å². The molecule has 0 saturated carbocycles. The van der Waals surface area contributed by atoms with Gasteiger partial charge in [-0.1, -0.05) is 6.58 Å². The van der Waals surface area contributed by atoms with Gasteiger partial charge < -0.3 is 27.0 Å². The van der Waals surface area contributed by atoms with Gasteiger partial charge in [-0.3, -0.25) is 0 Å². The normalized spacial score (nSPS) is 17.3. The molecule has 1 aliphatic rings. The number of methoxy groups -OCH3 is 1. The van der Waals surface area contributed by atoms with E-state index in [-0.39, 0.29) is 22.5 Å². The van der Waals surface area contributed by atoms with Crippen molar-refractivity contribution in [3.8, 4) is 5.75 Å². The first-order chi connectivity index (χ1) is 7.04. The molecule has 3 heteroatoms. The van der Waals surface area contributed by atoms with Crippen LogP contribution < -0.4 is 27.0 Å². The number of rotatable bonds is 1. The molecule has 0 atom stereocenters. The highest BCUT2D eigenvalue weighted by Crippen LogP contribution is 2.31. The van der Waals surface area contributed by atoms with Crippen molar-refractivity contribution >= 4 is 5.57 Å². The molecule has 0 saturated heterocycles. The number of halogens is 1. The predicted molar refractivity (Wildman–Crippen MR) is 61.7 cm³/mol. The summed E-state index contributed by atoms with van der Waals surface area (Å²) >= 11 is 0. The van der Waals surface area contributed by atoms with Crippen molar-refractivity contribution in [3.63, 3.8) is 0 Å². The fourth-order valence-electron chi connectivity index (χ4n) is 1.98. The van der Waals surface area contributed by atoms with Crippen LogP contribution in [0.5, 0.6) is 5.75 Å². The number of nitrogens with two attached hydrogens (primary N) is 1. The molecule has 0 aliphatic carbocycles. The summed E-state index contributed by atoms with van der Waals surface area (Å²) in [5.74, 6) is 0.910. The van der Waals surface area contributed by atoms with Crippen molar-refractivity contribution in [3.05, 3.63) is 35.9 Å². The lowest BCUT2D eigenvalue weighted by Crippen LogP contribution is -3.00. The molecule has 0 aromatic heterocycles. The Hall–Kier alpha value is -0.800. The summed E-state index contributed by atoms with van der Waals surface area (Å²) in [6.07, 6.45) is 0. The lowest BCUT2D eigenvalue weighted by Gasteiger charge is -2.31. The minimum atomic E-state index is 0. The lowest BCUT2D eigenvalue weighted by molar-refractivity contribution is -0.723. The fraction of sp³-hybridized carbons (Fsp3) is 0.385. The van der Waals surface area contributed by atoms with Crippen LogP contribution in [0, 0.1) is 0 Å². The second-order valence-corrected chi connectivity index (χ2v) is 4.63. The third-order valence-corrected chi connectivity index (χ3v) is 3.25. The van der Waals surface area contributed by atoms with Crippen molar-refractivity contribution in [1.29, 1.82) is 0 Å². The van der Waals surface area contributed by atoms with Gasteiger partial charge in [0.1, 0.15) is 17.8 Å². The van der Waals surface area contributed by atoms with Crippen LogP contribution in [0.2, 0.25) is 0 Å². The zero-order valence-corrected chi connectivity index (χ0v) is 11.6. The van der Waals surface area contributed by atoms with Gasteiger partial charge in [-0.15, -0.1) is 0 Å². The van der Waals surface area contributed by atoms with E-state index >= 15 is 0 Å². The Balaban J connectivity index is 0.00000128. The average molecular weight is 284 g/mol. The summed E-state index contributed by atoms with van der Waals surface area (Å²) in [6.45, 7) is 9.63. The molecule has 0 radical (unpaired) electrons. The third-order valence-electron chi connectivity index (χ3n) is 3.25. The molecule has 2 nitrogen and oxygen atoms in total. The van der Waals surface area contributed by atoms with Gasteiger partial charge in [-0.25, -0.2) is 0 Å². The van der Waals surface area contributed by atoms with Gasteiger partial charge in [0.05, 0.1) is 7.11 Å². The summed E-state index contributed by atoms with van der Waals surface area (Å²) in [7, 11) is 1.70. The van der Waals surface area contributed by atoms with E-state index in [0.717, 1.165) is 12.3 Å². The van der Waals surface area contributed by atoms with E-state index in [0.29, 0.717) is 0 Å². The van der Waals surface area contributed by atoms with Crippen LogP contribution in [0.4, 0.5) is 0 Å². The van der Waals surface area contributed by atoms with Crippen LogP contribution in [0.25, 0.3) is 5.57 Å². The summed E-state index contributed by atoms with van der Waals surface area (Å²) in [6, 6.07) is 6.23. The van der Waals surface area contributed by atoms with E-state index in [1.165, 1.54) is 16.7 Å². The monoisotopic (exact) mass is 283 g/mol. The molecule has 88 valence electrons. The molecule has 1 aromatic rings. The van der Waals surface area contributed by atoms with Crippen LogP contribution in [0.1, 0.15) is 25.0 Å². The number of fused-ring (bicyclic) bond motifs is 1. The number of benzene rings is 1. The number of quaternary nitrogens is 1. The Labute approximate surface area is 107 Å². The van der Waals surface area contributed by atoms with Crippen molar-refractivity contribution < 1.29 is 27.0 Å². The highest BCUT2D eigenvalue weighted by atomic mass is 79.9. The smallest absolute Gasteiger partial charge is 0.119 e. The van der Waals surface area contributed by atoms with Crippen LogP contribution in [-0.2, 0) is 6.54 Å². The first kappa shape index (κ1) is 13.3. The topological polar surface area (TPSA) is 25.8 Å². The molecule has 16 heavy (non-hydrogen) atoms. The quantitative estimate of drug-likeness (QED) is 0.672. The maximum absolute atomic E-state index is 5.25. The molecule has 0 bridgehead atoms. The Kier molecular flexibility index (Phi) is 3.81. The van der Waals surface area contributed by atoms with E-state index < -0.39 is 0 Å². The van der Waals surface area contributed by atoms with Gasteiger partial charge in [-0.2, -0.15) is 0 Å². The van der Waals surface area contributed by atoms with E-state index in [1.54, 1.807) is 7.11 Å². The average Bonchev–Trinajstić information content (AvgIpc) is 2.24. The van der Waals surface area contributed by atoms with E-state index in [1.807, 2.05) is 6.07 Å². The molecule has 2 rings (SSSR count). The van der Waals surface area contributed by atoms with Gasteiger partial charge >= 0.3 is 0 Å². The van der Waals surface area contributed by atoms with E-state index in [4.69, 9.17) is 4.74 Å². The van der Waals surface area contributed by atoms with Gasteiger partial charge in [0, 0.05) is 11.1 Å². The number of hydrogen-bond donors (Lipinski definition) is 1. The molecule has 0 unspecified atom stereocenters. The molecule has 2 N–H and O–H groups in total. The molecule has 0 spiro atoms. The van der Waals surface area contributed by atoms with Gasteiger partial charge in [0.25, 0.3) is 0 Å². The minimum absolute atomic E-state index is 0. The molecular weight excluding hydrogens is 266 g/mol. The van der Waals surface area contributed by atoms with Gasteiger partial charge in [0.2, 0.25) is 0 Å². The zero-order chi connectivity index (χ0) is 11.1. The first-order valence-electron chi connectivity index (χ1n) is 5.25. The standard InChI is InChI=1S/C13H17NO.BrH/c1-9-12-7-11(15-4)6-5-10(12)8-14-13(9,2)3;/h5-7,14H,1,8H2,2-4H3;1H. The van der Waals surface area contributed by atoms with Crippen molar-refractivity contribution in [2.75, 3.05) is 7.11 Å². The maximum Gasteiger partial charge on any atom is 0.119 e. The van der Waals surface area contributed by atoms with Crippen LogP contribution in [-0.4, -0.2) is 12.6 Å². The fourth-order valence-corrected chi connectivity index (χ4v) is 1.98. The van der Waals surface area contributed by atoms with E-state index in [2.05, 4.69) is 37.9 Å². The Morgan fingerprint density at radius 2 is 2.06 bits per heavy atom. The SMILES string of the molecule is C=C1c2cc(OC)ccc2C[NH2+]C1(C)C.[Br-]. The molecule has 1 aliphatic heterocycles. The Morgan fingerprint density at radius 3 is 2.69 bits per heavy atom. The molecular formula is C13H18BrNO. The molecule has 0 fully saturated rings. The zero-order valence-electron chi connectivity index (χ0n) is 10.0. The second kappa shape index (κ2) is 4.60. The van der Waals surface area contributed by atoms with Crippen LogP contribution in [0.3, 0.4) is 0 Å². The second-order valence-electron chi connectivity index (χ2n) is 4.63. The Morgan fingerprint density at radius 1 is 1.38 bits per heavy atom. The predicted octanol–water partition coefficient (Wildman–Crippen LogP) is -1.43.